The van der Waals surface area contributed by atoms with Crippen LogP contribution in [-0.4, -0.2) is 10.8 Å². The highest BCUT2D eigenvalue weighted by molar-refractivity contribution is 6.31. The highest BCUT2D eigenvalue weighted by Gasteiger charge is 2.23. The summed E-state index contributed by atoms with van der Waals surface area (Å²) in [6.45, 7) is 0. The van der Waals surface area contributed by atoms with E-state index in [9.17, 15) is 4.79 Å². The highest BCUT2D eigenvalue weighted by Crippen LogP contribution is 2.29. The van der Waals surface area contributed by atoms with E-state index in [1.165, 1.54) is 32.1 Å². The molecule has 0 spiro atoms. The molecule has 0 atom stereocenters. The first-order chi connectivity index (χ1) is 9.75. The van der Waals surface area contributed by atoms with Crippen molar-refractivity contribution in [2.45, 2.75) is 44.9 Å². The lowest BCUT2D eigenvalue weighted by Gasteiger charge is -2.18. The number of H-pyrrole nitrogens is 1. The van der Waals surface area contributed by atoms with Crippen molar-refractivity contribution in [2.24, 2.45) is 5.92 Å². The van der Waals surface area contributed by atoms with Gasteiger partial charge in [0.1, 0.15) is 0 Å². The normalized spacial score (nSPS) is 17.9. The van der Waals surface area contributed by atoms with Crippen LogP contribution in [0, 0.1) is 5.92 Å². The molecule has 1 aromatic heterocycles. The number of nitrogens with one attached hydrogen (secondary N) is 1. The minimum absolute atomic E-state index is 0.188. The van der Waals surface area contributed by atoms with Crippen molar-refractivity contribution in [1.82, 2.24) is 4.98 Å². The number of benzene rings is 1. The Balaban J connectivity index is 1.89. The zero-order valence-electron chi connectivity index (χ0n) is 11.6. The Labute approximate surface area is 124 Å². The van der Waals surface area contributed by atoms with Gasteiger partial charge in [0, 0.05) is 33.6 Å². The van der Waals surface area contributed by atoms with Gasteiger partial charge in [-0.15, -0.1) is 0 Å². The summed E-state index contributed by atoms with van der Waals surface area (Å²) in [4.78, 5) is 16.0. The lowest BCUT2D eigenvalue weighted by Crippen LogP contribution is -2.16. The Kier molecular flexibility index (Phi) is 4.11. The number of halogens is 1. The number of fused-ring (bicyclic) bond motifs is 1. The van der Waals surface area contributed by atoms with Crippen LogP contribution in [0.1, 0.15) is 55.3 Å². The molecule has 0 aliphatic heterocycles. The van der Waals surface area contributed by atoms with Gasteiger partial charge < -0.3 is 4.98 Å². The number of hydrogen-bond acceptors (Lipinski definition) is 1. The second-order valence-electron chi connectivity index (χ2n) is 5.80. The molecule has 2 nitrogen and oxygen atoms in total. The molecule has 0 saturated heterocycles. The van der Waals surface area contributed by atoms with Gasteiger partial charge in [-0.3, -0.25) is 4.79 Å². The molecule has 0 unspecified atom stereocenters. The molecule has 0 radical (unpaired) electrons. The molecule has 0 bridgehead atoms. The summed E-state index contributed by atoms with van der Waals surface area (Å²) in [5.74, 6) is 0.480. The van der Waals surface area contributed by atoms with Crippen molar-refractivity contribution in [2.75, 3.05) is 0 Å². The standard InChI is InChI=1S/C17H20ClNO/c18-13-8-9-16-14(10-13)15(11-19-16)17(20)12-6-4-2-1-3-5-7-12/h8-12,19H,1-7H2. The summed E-state index contributed by atoms with van der Waals surface area (Å²) >= 11 is 6.06. The second kappa shape index (κ2) is 6.01. The van der Waals surface area contributed by atoms with Crippen molar-refractivity contribution in [3.05, 3.63) is 35.0 Å². The van der Waals surface area contributed by atoms with Gasteiger partial charge in [0.05, 0.1) is 0 Å². The van der Waals surface area contributed by atoms with Crippen LogP contribution in [0.15, 0.2) is 24.4 Å². The summed E-state index contributed by atoms with van der Waals surface area (Å²) in [6, 6.07) is 5.68. The molecular weight excluding hydrogens is 270 g/mol. The summed E-state index contributed by atoms with van der Waals surface area (Å²) in [5, 5.41) is 1.65. The number of aromatic amines is 1. The average molecular weight is 290 g/mol. The van der Waals surface area contributed by atoms with Crippen LogP contribution >= 0.6 is 11.6 Å². The Morgan fingerprint density at radius 3 is 2.55 bits per heavy atom. The highest BCUT2D eigenvalue weighted by atomic mass is 35.5. The molecule has 1 aromatic carbocycles. The maximum atomic E-state index is 12.8. The minimum atomic E-state index is 0.188. The van der Waals surface area contributed by atoms with Gasteiger partial charge in [0.2, 0.25) is 0 Å². The molecular formula is C17H20ClNO. The van der Waals surface area contributed by atoms with Gasteiger partial charge in [0.25, 0.3) is 0 Å². The van der Waals surface area contributed by atoms with E-state index in [1.807, 2.05) is 24.4 Å². The van der Waals surface area contributed by atoms with E-state index in [2.05, 4.69) is 4.98 Å². The van der Waals surface area contributed by atoms with Crippen LogP contribution in [-0.2, 0) is 0 Å². The van der Waals surface area contributed by atoms with E-state index in [-0.39, 0.29) is 5.92 Å². The summed E-state index contributed by atoms with van der Waals surface area (Å²) in [6.07, 6.45) is 10.1. The Morgan fingerprint density at radius 2 is 1.80 bits per heavy atom. The van der Waals surface area contributed by atoms with E-state index < -0.39 is 0 Å². The zero-order valence-corrected chi connectivity index (χ0v) is 12.4. The molecule has 3 heteroatoms. The first kappa shape index (κ1) is 13.7. The van der Waals surface area contributed by atoms with Crippen molar-refractivity contribution in [1.29, 1.82) is 0 Å². The summed E-state index contributed by atoms with van der Waals surface area (Å²) in [5.41, 5.74) is 1.80. The number of Topliss-reactive ketones (excluding diaryl/α,β-unsaturated/α-hetero) is 1. The number of carbonyl (C=O) groups excluding carboxylic acids is 1. The van der Waals surface area contributed by atoms with Crippen LogP contribution in [0.25, 0.3) is 10.9 Å². The van der Waals surface area contributed by atoms with E-state index in [1.54, 1.807) is 0 Å². The molecule has 2 aromatic rings. The van der Waals surface area contributed by atoms with Crippen LogP contribution < -0.4 is 0 Å². The Hall–Kier alpha value is -1.28. The van der Waals surface area contributed by atoms with Gasteiger partial charge in [-0.05, 0) is 31.0 Å². The third kappa shape index (κ3) is 2.76. The van der Waals surface area contributed by atoms with E-state index in [4.69, 9.17) is 11.6 Å². The molecule has 0 amide bonds. The van der Waals surface area contributed by atoms with Gasteiger partial charge >= 0.3 is 0 Å². The molecule has 1 fully saturated rings. The lowest BCUT2D eigenvalue weighted by atomic mass is 9.85. The van der Waals surface area contributed by atoms with Crippen LogP contribution in [0.3, 0.4) is 0 Å². The maximum absolute atomic E-state index is 12.8. The van der Waals surface area contributed by atoms with Crippen LogP contribution in [0.2, 0.25) is 5.02 Å². The lowest BCUT2D eigenvalue weighted by molar-refractivity contribution is 0.0900. The molecule has 106 valence electrons. The predicted octanol–water partition coefficient (Wildman–Crippen LogP) is 5.36. The fourth-order valence-electron chi connectivity index (χ4n) is 3.23. The molecule has 3 rings (SSSR count). The SMILES string of the molecule is O=C(c1c[nH]c2ccc(Cl)cc12)C1CCCCCCC1. The van der Waals surface area contributed by atoms with E-state index in [0.717, 1.165) is 29.3 Å². The molecule has 1 aliphatic rings. The molecule has 1 saturated carbocycles. The van der Waals surface area contributed by atoms with Gasteiger partial charge in [0.15, 0.2) is 5.78 Å². The van der Waals surface area contributed by atoms with E-state index >= 15 is 0 Å². The largest absolute Gasteiger partial charge is 0.360 e. The van der Waals surface area contributed by atoms with Crippen LogP contribution in [0.5, 0.6) is 0 Å². The fraction of sp³-hybridized carbons (Fsp3) is 0.471. The quantitative estimate of drug-likeness (QED) is 0.741. The number of hydrogen-bond donors (Lipinski definition) is 1. The number of aromatic nitrogens is 1. The Bertz CT molecular complexity index is 608. The van der Waals surface area contributed by atoms with Crippen molar-refractivity contribution in [3.63, 3.8) is 0 Å². The smallest absolute Gasteiger partial charge is 0.168 e. The molecule has 1 N–H and O–H groups in total. The first-order valence-electron chi connectivity index (χ1n) is 7.56. The van der Waals surface area contributed by atoms with Gasteiger partial charge in [-0.2, -0.15) is 0 Å². The molecule has 1 aliphatic carbocycles. The summed E-state index contributed by atoms with van der Waals surface area (Å²) in [7, 11) is 0. The van der Waals surface area contributed by atoms with Gasteiger partial charge in [-0.25, -0.2) is 0 Å². The summed E-state index contributed by atoms with van der Waals surface area (Å²) < 4.78 is 0. The maximum Gasteiger partial charge on any atom is 0.168 e. The van der Waals surface area contributed by atoms with Crippen LogP contribution in [0.4, 0.5) is 0 Å². The number of rotatable bonds is 2. The second-order valence-corrected chi connectivity index (χ2v) is 6.23. The van der Waals surface area contributed by atoms with Gasteiger partial charge in [-0.1, -0.05) is 43.7 Å². The number of carbonyl (C=O) groups is 1. The number of ketones is 1. The molecule has 20 heavy (non-hydrogen) atoms. The third-order valence-electron chi connectivity index (χ3n) is 4.39. The minimum Gasteiger partial charge on any atom is -0.360 e. The fourth-order valence-corrected chi connectivity index (χ4v) is 3.41. The topological polar surface area (TPSA) is 32.9 Å². The van der Waals surface area contributed by atoms with Crippen molar-refractivity contribution < 1.29 is 4.79 Å². The van der Waals surface area contributed by atoms with Crippen molar-refractivity contribution >= 4 is 28.3 Å². The average Bonchev–Trinajstić information content (AvgIpc) is 2.80. The van der Waals surface area contributed by atoms with Crippen molar-refractivity contribution in [3.8, 4) is 0 Å². The third-order valence-corrected chi connectivity index (χ3v) is 4.62. The monoisotopic (exact) mass is 289 g/mol. The zero-order chi connectivity index (χ0) is 13.9. The first-order valence-corrected chi connectivity index (χ1v) is 7.94. The molecule has 1 heterocycles. The predicted molar refractivity (Wildman–Crippen MR) is 83.4 cm³/mol. The Morgan fingerprint density at radius 1 is 1.10 bits per heavy atom. The van der Waals surface area contributed by atoms with E-state index in [0.29, 0.717) is 10.8 Å².